The van der Waals surface area contributed by atoms with E-state index < -0.39 is 10.0 Å². The summed E-state index contributed by atoms with van der Waals surface area (Å²) in [6.07, 6.45) is 0.783. The Balaban J connectivity index is 1.80. The van der Waals surface area contributed by atoms with Gasteiger partial charge >= 0.3 is 0 Å². The Labute approximate surface area is 153 Å². The van der Waals surface area contributed by atoms with Crippen LogP contribution in [0.5, 0.6) is 0 Å². The molecule has 0 spiro atoms. The normalized spacial score (nSPS) is 22.1. The Kier molecular flexibility index (Phi) is 5.31. The van der Waals surface area contributed by atoms with Crippen LogP contribution in [0.15, 0.2) is 29.2 Å². The molecule has 1 aromatic carbocycles. The van der Waals surface area contributed by atoms with E-state index in [2.05, 4.69) is 0 Å². The summed E-state index contributed by atoms with van der Waals surface area (Å²) in [7, 11) is -0.561. The van der Waals surface area contributed by atoms with Gasteiger partial charge in [-0.25, -0.2) is 8.42 Å². The van der Waals surface area contributed by atoms with Crippen LogP contribution in [-0.4, -0.2) is 87.3 Å². The molecule has 0 saturated carbocycles. The quantitative estimate of drug-likeness (QED) is 0.733. The van der Waals surface area contributed by atoms with Gasteiger partial charge in [0.25, 0.3) is 5.91 Å². The number of likely N-dealkylation sites (N-methyl/N-ethyl adjacent to an activating group) is 1. The van der Waals surface area contributed by atoms with Crippen molar-refractivity contribution in [1.29, 1.82) is 0 Å². The minimum absolute atomic E-state index is 0.0159. The van der Waals surface area contributed by atoms with Gasteiger partial charge in [0, 0.05) is 45.9 Å². The zero-order chi connectivity index (χ0) is 18.9. The van der Waals surface area contributed by atoms with Crippen molar-refractivity contribution < 1.29 is 22.7 Å². The van der Waals surface area contributed by atoms with Crippen LogP contribution < -0.4 is 0 Å². The van der Waals surface area contributed by atoms with Crippen LogP contribution in [0.3, 0.4) is 0 Å². The maximum absolute atomic E-state index is 12.8. The van der Waals surface area contributed by atoms with E-state index in [1.54, 1.807) is 31.2 Å². The van der Waals surface area contributed by atoms with Gasteiger partial charge in [-0.3, -0.25) is 9.59 Å². The number of ether oxygens (including phenoxy) is 1. The van der Waals surface area contributed by atoms with Crippen LogP contribution in [0.4, 0.5) is 0 Å². The second-order valence-corrected chi connectivity index (χ2v) is 8.52. The third kappa shape index (κ3) is 3.60. The standard InChI is InChI=1S/C17H23N3O5S/c1-18-8-9-20(12-16(18)21)26(23,24)15-5-3-4-13(10-15)17(22)19-7-6-14(11-19)25-2/h3-5,10,14H,6-9,11-12H2,1-2H3/t14-/m0/s1. The fourth-order valence-corrected chi connectivity index (χ4v) is 4.60. The summed E-state index contributed by atoms with van der Waals surface area (Å²) in [5, 5.41) is 0. The molecule has 2 fully saturated rings. The molecule has 2 aliphatic heterocycles. The first-order chi connectivity index (χ1) is 12.3. The first-order valence-electron chi connectivity index (χ1n) is 8.49. The number of amides is 2. The topological polar surface area (TPSA) is 87.2 Å². The highest BCUT2D eigenvalue weighted by Crippen LogP contribution is 2.21. The van der Waals surface area contributed by atoms with Crippen LogP contribution in [0, 0.1) is 0 Å². The maximum Gasteiger partial charge on any atom is 0.253 e. The monoisotopic (exact) mass is 381 g/mol. The van der Waals surface area contributed by atoms with Crippen LogP contribution in [0.2, 0.25) is 0 Å². The van der Waals surface area contributed by atoms with Crippen molar-refractivity contribution >= 4 is 21.8 Å². The average molecular weight is 381 g/mol. The van der Waals surface area contributed by atoms with Gasteiger partial charge in [-0.15, -0.1) is 0 Å². The SMILES string of the molecule is CO[C@H]1CCN(C(=O)c2cccc(S(=O)(=O)N3CCN(C)C(=O)C3)c2)C1. The van der Waals surface area contributed by atoms with Crippen LogP contribution >= 0.6 is 0 Å². The molecular weight excluding hydrogens is 358 g/mol. The van der Waals surface area contributed by atoms with Crippen LogP contribution in [-0.2, 0) is 19.6 Å². The summed E-state index contributed by atoms with van der Waals surface area (Å²) in [5.41, 5.74) is 0.322. The number of piperazine rings is 1. The molecule has 0 unspecified atom stereocenters. The van der Waals surface area contributed by atoms with Gasteiger partial charge in [0.05, 0.1) is 17.5 Å². The number of hydrogen-bond acceptors (Lipinski definition) is 5. The maximum atomic E-state index is 12.8. The molecule has 0 radical (unpaired) electrons. The summed E-state index contributed by atoms with van der Waals surface area (Å²) < 4.78 is 32.1. The van der Waals surface area contributed by atoms with Crippen molar-refractivity contribution in [2.24, 2.45) is 0 Å². The Bertz CT molecular complexity index is 810. The number of likely N-dealkylation sites (tertiary alicyclic amines) is 1. The molecule has 142 valence electrons. The van der Waals surface area contributed by atoms with Gasteiger partial charge in [0.2, 0.25) is 15.9 Å². The van der Waals surface area contributed by atoms with E-state index in [1.165, 1.54) is 17.0 Å². The average Bonchev–Trinajstić information content (AvgIpc) is 3.12. The summed E-state index contributed by atoms with van der Waals surface area (Å²) in [5.74, 6) is -0.453. The van der Waals surface area contributed by atoms with Crippen molar-refractivity contribution in [2.45, 2.75) is 17.4 Å². The number of carbonyl (C=O) groups is 2. The number of sulfonamides is 1. The Morgan fingerprint density at radius 1 is 1.23 bits per heavy atom. The largest absolute Gasteiger partial charge is 0.380 e. The fourth-order valence-electron chi connectivity index (χ4n) is 3.17. The lowest BCUT2D eigenvalue weighted by Crippen LogP contribution is -2.50. The van der Waals surface area contributed by atoms with Gasteiger partial charge in [-0.1, -0.05) is 6.07 Å². The smallest absolute Gasteiger partial charge is 0.253 e. The van der Waals surface area contributed by atoms with Gasteiger partial charge in [-0.05, 0) is 24.6 Å². The molecule has 2 heterocycles. The Morgan fingerprint density at radius 2 is 2.00 bits per heavy atom. The summed E-state index contributed by atoms with van der Waals surface area (Å²) >= 11 is 0. The van der Waals surface area contributed by atoms with Crippen molar-refractivity contribution in [1.82, 2.24) is 14.1 Å². The van der Waals surface area contributed by atoms with Crippen molar-refractivity contribution in [3.63, 3.8) is 0 Å². The molecule has 2 saturated heterocycles. The van der Waals surface area contributed by atoms with Crippen LogP contribution in [0.25, 0.3) is 0 Å². The number of rotatable bonds is 4. The molecule has 1 atom stereocenters. The predicted molar refractivity (Wildman–Crippen MR) is 94.2 cm³/mol. The zero-order valence-corrected chi connectivity index (χ0v) is 15.7. The molecule has 0 bridgehead atoms. The molecule has 2 amide bonds. The predicted octanol–water partition coefficient (Wildman–Crippen LogP) is 0.0102. The third-order valence-corrected chi connectivity index (χ3v) is 6.75. The van der Waals surface area contributed by atoms with Crippen molar-refractivity contribution in [2.75, 3.05) is 46.9 Å². The Morgan fingerprint density at radius 3 is 2.65 bits per heavy atom. The summed E-state index contributed by atoms with van der Waals surface area (Å²) in [6.45, 7) is 1.49. The summed E-state index contributed by atoms with van der Waals surface area (Å²) in [4.78, 5) is 27.7. The lowest BCUT2D eigenvalue weighted by molar-refractivity contribution is -0.132. The molecular formula is C17H23N3O5S. The van der Waals surface area contributed by atoms with Gasteiger partial charge < -0.3 is 14.5 Å². The number of benzene rings is 1. The van der Waals surface area contributed by atoms with E-state index in [1.807, 2.05) is 0 Å². The molecule has 1 aromatic rings. The molecule has 0 aliphatic carbocycles. The van der Waals surface area contributed by atoms with Crippen LogP contribution in [0.1, 0.15) is 16.8 Å². The molecule has 9 heteroatoms. The number of carbonyl (C=O) groups excluding carboxylic acids is 2. The molecule has 26 heavy (non-hydrogen) atoms. The molecule has 0 aromatic heterocycles. The van der Waals surface area contributed by atoms with Crippen molar-refractivity contribution in [3.8, 4) is 0 Å². The minimum Gasteiger partial charge on any atom is -0.380 e. The Hall–Kier alpha value is -1.97. The lowest BCUT2D eigenvalue weighted by Gasteiger charge is -2.31. The number of nitrogens with zero attached hydrogens (tertiary/aromatic N) is 3. The third-order valence-electron chi connectivity index (χ3n) is 4.91. The molecule has 0 N–H and O–H groups in total. The highest BCUT2D eigenvalue weighted by atomic mass is 32.2. The van der Waals surface area contributed by atoms with Gasteiger partial charge in [-0.2, -0.15) is 4.31 Å². The van der Waals surface area contributed by atoms with E-state index in [4.69, 9.17) is 4.74 Å². The second kappa shape index (κ2) is 7.34. The minimum atomic E-state index is -3.82. The number of methoxy groups -OCH3 is 1. The van der Waals surface area contributed by atoms with E-state index in [9.17, 15) is 18.0 Å². The highest BCUT2D eigenvalue weighted by molar-refractivity contribution is 7.89. The number of hydrogen-bond donors (Lipinski definition) is 0. The summed E-state index contributed by atoms with van der Waals surface area (Å²) in [6, 6.07) is 6.01. The molecule has 8 nitrogen and oxygen atoms in total. The van der Waals surface area contributed by atoms with E-state index in [0.717, 1.165) is 10.7 Å². The first-order valence-corrected chi connectivity index (χ1v) is 9.93. The van der Waals surface area contributed by atoms with Crippen molar-refractivity contribution in [3.05, 3.63) is 29.8 Å². The second-order valence-electron chi connectivity index (χ2n) is 6.58. The van der Waals surface area contributed by atoms with Gasteiger partial charge in [0.15, 0.2) is 0 Å². The highest BCUT2D eigenvalue weighted by Gasteiger charge is 2.32. The zero-order valence-electron chi connectivity index (χ0n) is 14.9. The molecule has 2 aliphatic rings. The van der Waals surface area contributed by atoms with E-state index in [-0.39, 0.29) is 35.9 Å². The lowest BCUT2D eigenvalue weighted by atomic mass is 10.2. The van der Waals surface area contributed by atoms with E-state index in [0.29, 0.717) is 25.2 Å². The first kappa shape index (κ1) is 18.8. The van der Waals surface area contributed by atoms with E-state index >= 15 is 0 Å². The van der Waals surface area contributed by atoms with Gasteiger partial charge in [0.1, 0.15) is 0 Å². The fraction of sp³-hybridized carbons (Fsp3) is 0.529. The molecule has 3 rings (SSSR count).